The highest BCUT2D eigenvalue weighted by Crippen LogP contribution is 2.17. The molecule has 0 radical (unpaired) electrons. The van der Waals surface area contributed by atoms with Gasteiger partial charge < -0.3 is 0 Å². The van der Waals surface area contributed by atoms with E-state index >= 15 is 0 Å². The number of sulfonamides is 1. The second-order valence-corrected chi connectivity index (χ2v) is 6.97. The third kappa shape index (κ3) is 3.61. The van der Waals surface area contributed by atoms with Gasteiger partial charge in [0.15, 0.2) is 5.78 Å². The lowest BCUT2D eigenvalue weighted by molar-refractivity contribution is 0.0967. The highest BCUT2D eigenvalue weighted by Gasteiger charge is 2.25. The topological polar surface area (TPSA) is 54.5 Å². The molecule has 0 N–H and O–H groups in total. The number of Topliss-reactive ketones (excluding diaryl/α,β-unsaturated/α-hetero) is 1. The highest BCUT2D eigenvalue weighted by molar-refractivity contribution is 7.89. The number of hydrogen-bond donors (Lipinski definition) is 0. The van der Waals surface area contributed by atoms with Crippen molar-refractivity contribution in [2.45, 2.75) is 18.7 Å². The average molecular weight is 317 g/mol. The Kier molecular flexibility index (Phi) is 5.11. The van der Waals surface area contributed by atoms with Gasteiger partial charge in [0.2, 0.25) is 10.0 Å². The lowest BCUT2D eigenvalue weighted by Gasteiger charge is -2.20. The summed E-state index contributed by atoms with van der Waals surface area (Å²) in [6, 6.07) is 15.4. The van der Waals surface area contributed by atoms with E-state index in [1.807, 2.05) is 13.0 Å². The van der Waals surface area contributed by atoms with Crippen molar-refractivity contribution < 1.29 is 13.2 Å². The van der Waals surface area contributed by atoms with Crippen LogP contribution in [0.4, 0.5) is 0 Å². The van der Waals surface area contributed by atoms with Crippen LogP contribution in [0.2, 0.25) is 0 Å². The second-order valence-electron chi connectivity index (χ2n) is 5.03. The lowest BCUT2D eigenvalue weighted by atomic mass is 10.1. The molecule has 0 amide bonds. The van der Waals surface area contributed by atoms with Crippen molar-refractivity contribution >= 4 is 15.8 Å². The molecule has 0 saturated heterocycles. The number of ketones is 1. The number of carbonyl (C=O) groups is 1. The standard InChI is InChI=1S/C17H19NO3S/c1-3-18(13-17(19)15-7-5-4-6-8-15)22(20,21)16-11-9-14(2)10-12-16/h4-12H,3,13H2,1-2H3. The molecule has 0 bridgehead atoms. The minimum absolute atomic E-state index is 0.156. The fourth-order valence-corrected chi connectivity index (χ4v) is 3.51. The first kappa shape index (κ1) is 16.4. The summed E-state index contributed by atoms with van der Waals surface area (Å²) in [5, 5.41) is 0. The van der Waals surface area contributed by atoms with Gasteiger partial charge in [0.25, 0.3) is 0 Å². The molecule has 116 valence electrons. The first-order valence-electron chi connectivity index (χ1n) is 7.10. The Morgan fingerprint density at radius 2 is 1.59 bits per heavy atom. The maximum absolute atomic E-state index is 12.6. The molecule has 5 heteroatoms. The number of nitrogens with zero attached hydrogens (tertiary/aromatic N) is 1. The SMILES string of the molecule is CCN(CC(=O)c1ccccc1)S(=O)(=O)c1ccc(C)cc1. The summed E-state index contributed by atoms with van der Waals surface area (Å²) < 4.78 is 26.4. The Balaban J connectivity index is 2.24. The number of likely N-dealkylation sites (N-methyl/N-ethyl adjacent to an activating group) is 1. The molecule has 4 nitrogen and oxygen atoms in total. The maximum atomic E-state index is 12.6. The zero-order valence-corrected chi connectivity index (χ0v) is 13.5. The third-order valence-corrected chi connectivity index (χ3v) is 5.36. The summed E-state index contributed by atoms with van der Waals surface area (Å²) in [5.41, 5.74) is 1.50. The monoisotopic (exact) mass is 317 g/mol. The zero-order valence-electron chi connectivity index (χ0n) is 12.7. The minimum Gasteiger partial charge on any atom is -0.293 e. The van der Waals surface area contributed by atoms with E-state index in [-0.39, 0.29) is 23.8 Å². The van der Waals surface area contributed by atoms with E-state index in [1.165, 1.54) is 4.31 Å². The Hall–Kier alpha value is -1.98. The lowest BCUT2D eigenvalue weighted by Crippen LogP contribution is -2.35. The van der Waals surface area contributed by atoms with Crippen molar-refractivity contribution in [3.63, 3.8) is 0 Å². The molecule has 2 aromatic rings. The van der Waals surface area contributed by atoms with E-state index in [1.54, 1.807) is 55.5 Å². The number of rotatable bonds is 6. The quantitative estimate of drug-likeness (QED) is 0.770. The predicted octanol–water partition coefficient (Wildman–Crippen LogP) is 2.89. The van der Waals surface area contributed by atoms with Crippen LogP contribution < -0.4 is 0 Å². The van der Waals surface area contributed by atoms with Crippen LogP contribution in [0.15, 0.2) is 59.5 Å². The molecule has 2 aromatic carbocycles. The normalized spacial score (nSPS) is 11.6. The molecule has 0 heterocycles. The molecule has 0 aromatic heterocycles. The van der Waals surface area contributed by atoms with Gasteiger partial charge in [-0.1, -0.05) is 55.0 Å². The number of carbonyl (C=O) groups excluding carboxylic acids is 1. The van der Waals surface area contributed by atoms with Gasteiger partial charge in [-0.25, -0.2) is 8.42 Å². The smallest absolute Gasteiger partial charge is 0.243 e. The molecule has 2 rings (SSSR count). The number of benzene rings is 2. The Bertz CT molecular complexity index is 737. The van der Waals surface area contributed by atoms with Crippen molar-refractivity contribution in [1.82, 2.24) is 4.31 Å². The molecule has 0 unspecified atom stereocenters. The van der Waals surface area contributed by atoms with E-state index in [2.05, 4.69) is 0 Å². The van der Waals surface area contributed by atoms with Gasteiger partial charge in [-0.3, -0.25) is 4.79 Å². The Labute approximate surface area is 131 Å². The van der Waals surface area contributed by atoms with Gasteiger partial charge in [0, 0.05) is 12.1 Å². The van der Waals surface area contributed by atoms with Crippen molar-refractivity contribution in [1.29, 1.82) is 0 Å². The van der Waals surface area contributed by atoms with Gasteiger partial charge in [0.1, 0.15) is 0 Å². The first-order valence-corrected chi connectivity index (χ1v) is 8.54. The van der Waals surface area contributed by atoms with Crippen molar-refractivity contribution in [3.05, 3.63) is 65.7 Å². The molecule has 22 heavy (non-hydrogen) atoms. The molecule has 0 atom stereocenters. The van der Waals surface area contributed by atoms with Gasteiger partial charge >= 0.3 is 0 Å². The molecule has 0 aliphatic heterocycles. The van der Waals surface area contributed by atoms with Gasteiger partial charge in [-0.15, -0.1) is 0 Å². The van der Waals surface area contributed by atoms with Gasteiger partial charge in [0.05, 0.1) is 11.4 Å². The second kappa shape index (κ2) is 6.85. The van der Waals surface area contributed by atoms with Crippen LogP contribution in [0.1, 0.15) is 22.8 Å². The van der Waals surface area contributed by atoms with E-state index in [4.69, 9.17) is 0 Å². The first-order chi connectivity index (χ1) is 10.4. The van der Waals surface area contributed by atoms with E-state index in [0.717, 1.165) is 5.56 Å². The third-order valence-electron chi connectivity index (χ3n) is 3.43. The van der Waals surface area contributed by atoms with Crippen molar-refractivity contribution in [3.8, 4) is 0 Å². The Morgan fingerprint density at radius 1 is 1.00 bits per heavy atom. The molecule has 0 spiro atoms. The van der Waals surface area contributed by atoms with Crippen molar-refractivity contribution in [2.24, 2.45) is 0 Å². The minimum atomic E-state index is -3.66. The largest absolute Gasteiger partial charge is 0.293 e. The van der Waals surface area contributed by atoms with Crippen LogP contribution in [0.25, 0.3) is 0 Å². The number of aryl methyl sites for hydroxylation is 1. The van der Waals surface area contributed by atoms with Crippen LogP contribution >= 0.6 is 0 Å². The van der Waals surface area contributed by atoms with Crippen LogP contribution in [0.5, 0.6) is 0 Å². The van der Waals surface area contributed by atoms with E-state index in [0.29, 0.717) is 5.56 Å². The maximum Gasteiger partial charge on any atom is 0.243 e. The Morgan fingerprint density at radius 3 is 2.14 bits per heavy atom. The van der Waals surface area contributed by atoms with Crippen LogP contribution in [-0.4, -0.2) is 31.6 Å². The van der Waals surface area contributed by atoms with Gasteiger partial charge in [-0.2, -0.15) is 4.31 Å². The fourth-order valence-electron chi connectivity index (χ4n) is 2.10. The highest BCUT2D eigenvalue weighted by atomic mass is 32.2. The van der Waals surface area contributed by atoms with Crippen LogP contribution in [0, 0.1) is 6.92 Å². The molecule has 0 fully saturated rings. The predicted molar refractivity (Wildman–Crippen MR) is 86.4 cm³/mol. The van der Waals surface area contributed by atoms with Crippen LogP contribution in [0.3, 0.4) is 0 Å². The summed E-state index contributed by atoms with van der Waals surface area (Å²) in [6.07, 6.45) is 0. The summed E-state index contributed by atoms with van der Waals surface area (Å²) >= 11 is 0. The molecule has 0 aliphatic carbocycles. The van der Waals surface area contributed by atoms with Crippen LogP contribution in [-0.2, 0) is 10.0 Å². The molecular formula is C17H19NO3S. The number of hydrogen-bond acceptors (Lipinski definition) is 3. The summed E-state index contributed by atoms with van der Waals surface area (Å²) in [7, 11) is -3.66. The summed E-state index contributed by atoms with van der Waals surface area (Å²) in [5.74, 6) is -0.210. The van der Waals surface area contributed by atoms with Crippen molar-refractivity contribution in [2.75, 3.05) is 13.1 Å². The van der Waals surface area contributed by atoms with E-state index < -0.39 is 10.0 Å². The zero-order chi connectivity index (χ0) is 16.2. The average Bonchev–Trinajstić information content (AvgIpc) is 2.53. The van der Waals surface area contributed by atoms with E-state index in [9.17, 15) is 13.2 Å². The summed E-state index contributed by atoms with van der Waals surface area (Å²) in [6.45, 7) is 3.71. The molecule has 0 saturated carbocycles. The summed E-state index contributed by atoms with van der Waals surface area (Å²) in [4.78, 5) is 12.4. The fraction of sp³-hybridized carbons (Fsp3) is 0.235. The molecule has 0 aliphatic rings. The molecular weight excluding hydrogens is 298 g/mol. The van der Waals surface area contributed by atoms with Gasteiger partial charge in [-0.05, 0) is 19.1 Å².